The van der Waals surface area contributed by atoms with E-state index in [4.69, 9.17) is 30.1 Å². The van der Waals surface area contributed by atoms with E-state index in [-0.39, 0.29) is 6.15 Å². The monoisotopic (exact) mass is 138 g/mol. The summed E-state index contributed by atoms with van der Waals surface area (Å²) < 4.78 is 0. The number of rotatable bonds is 0. The number of nitrogens with zero attached hydrogens (tertiary/aromatic N) is 1. The van der Waals surface area contributed by atoms with Crippen LogP contribution in [0.2, 0.25) is 0 Å². The van der Waals surface area contributed by atoms with Gasteiger partial charge in [0.25, 0.3) is 0 Å². The zero-order valence-electron chi connectivity index (χ0n) is 4.29. The molecular weight excluding hydrogens is 132 g/mol. The molecule has 9 heavy (non-hydrogen) atoms. The van der Waals surface area contributed by atoms with Crippen molar-refractivity contribution in [2.75, 3.05) is 0 Å². The maximum Gasteiger partial charge on any atom is 0.631 e. The van der Waals surface area contributed by atoms with Crippen LogP contribution in [0.3, 0.4) is 0 Å². The van der Waals surface area contributed by atoms with Gasteiger partial charge in [-0.15, -0.1) is 0 Å². The molecule has 0 aromatic carbocycles. The van der Waals surface area contributed by atoms with Gasteiger partial charge in [-0.2, -0.15) is 0 Å². The Morgan fingerprint density at radius 1 is 0.556 bits per heavy atom. The summed E-state index contributed by atoms with van der Waals surface area (Å²) in [6.45, 7) is 0. The highest BCUT2D eigenvalue weighted by Gasteiger charge is 1.93. The molecule has 3 radical (unpaired) electrons. The molecule has 9 heteroatoms. The summed E-state index contributed by atoms with van der Waals surface area (Å²) in [6.07, 6.45) is 0. The molecule has 0 saturated carbocycles. The van der Waals surface area contributed by atoms with E-state index in [2.05, 4.69) is 0 Å². The summed E-state index contributed by atoms with van der Waals surface area (Å²) in [7, 11) is -4.33. The van der Waals surface area contributed by atoms with Crippen molar-refractivity contribution < 1.29 is 30.1 Å². The Hall–Kier alpha value is -0.150. The Labute approximate surface area is 52.1 Å². The minimum absolute atomic E-state index is 0. The lowest BCUT2D eigenvalue weighted by molar-refractivity contribution is 0.276. The molecule has 0 unspecified atom stereocenters. The van der Waals surface area contributed by atoms with Gasteiger partial charge in [0.2, 0.25) is 0 Å². The highest BCUT2D eigenvalue weighted by molar-refractivity contribution is 6.30. The fourth-order valence-corrected chi connectivity index (χ4v) is 0. The second-order valence-electron chi connectivity index (χ2n) is 0.693. The lowest BCUT2D eigenvalue weighted by Crippen LogP contribution is -2.07. The fourth-order valence-electron chi connectivity index (χ4n) is 0. The second-order valence-corrected chi connectivity index (χ2v) is 0.693. The average molecular weight is 138 g/mol. The van der Waals surface area contributed by atoms with Crippen LogP contribution >= 0.6 is 0 Å². The van der Waals surface area contributed by atoms with Gasteiger partial charge in [0, 0.05) is 6.15 Å². The smallest absolute Gasteiger partial charge is 0.402 e. The first kappa shape index (κ1) is 15.9. The Balaban J connectivity index is -0.0000000720. The zero-order chi connectivity index (χ0) is 7.15. The first-order valence-corrected chi connectivity index (χ1v) is 1.55. The highest BCUT2D eigenvalue weighted by Crippen LogP contribution is 1.40. The minimum Gasteiger partial charge on any atom is -0.402 e. The molecule has 0 spiro atoms. The molecule has 0 aromatic heterocycles. The fraction of sp³-hybridized carbons (Fsp3) is 0. The molecule has 0 saturated heterocycles. The molecular formula is H6B2NO6. The summed E-state index contributed by atoms with van der Waals surface area (Å²) in [6, 6.07) is 0. The van der Waals surface area contributed by atoms with E-state index in [1.54, 1.807) is 0 Å². The molecule has 0 bridgehead atoms. The van der Waals surface area contributed by atoms with Crippen molar-refractivity contribution in [1.82, 2.24) is 6.15 Å². The first-order chi connectivity index (χ1) is 3.46. The molecule has 0 rings (SSSR count). The average Bonchev–Trinajstić information content (AvgIpc) is 1.25. The maximum atomic E-state index is 7.17. The molecule has 53 valence electrons. The van der Waals surface area contributed by atoms with Crippen LogP contribution in [0.1, 0.15) is 0 Å². The van der Waals surface area contributed by atoms with Gasteiger partial charge in [0.05, 0.1) is 0 Å². The predicted octanol–water partition coefficient (Wildman–Crippen LogP) is -4.58. The molecule has 7 nitrogen and oxygen atoms in total. The van der Waals surface area contributed by atoms with Crippen molar-refractivity contribution in [3.63, 3.8) is 0 Å². The van der Waals surface area contributed by atoms with Crippen molar-refractivity contribution in [3.05, 3.63) is 0 Å². The minimum atomic E-state index is -2.17. The third-order valence-electron chi connectivity index (χ3n) is 0. The summed E-state index contributed by atoms with van der Waals surface area (Å²) in [5, 5.41) is 43.0. The Kier molecular flexibility index (Phi) is 19.1. The molecule has 0 aliphatic heterocycles. The van der Waals surface area contributed by atoms with Crippen LogP contribution in [-0.2, 0) is 0 Å². The van der Waals surface area contributed by atoms with Crippen molar-refractivity contribution in [2.45, 2.75) is 0 Å². The van der Waals surface area contributed by atoms with Gasteiger partial charge in [-0.25, -0.2) is 0 Å². The molecule has 0 atom stereocenters. The van der Waals surface area contributed by atoms with Crippen LogP contribution in [0.25, 0.3) is 0 Å². The molecule has 0 aromatic rings. The summed E-state index contributed by atoms with van der Waals surface area (Å²) in [5.41, 5.74) is 0. The zero-order valence-corrected chi connectivity index (χ0v) is 4.29. The van der Waals surface area contributed by atoms with Gasteiger partial charge in [0.15, 0.2) is 0 Å². The Morgan fingerprint density at radius 2 is 0.556 bits per heavy atom. The molecule has 0 heterocycles. The Bertz CT molecular complexity index is 26.5. The van der Waals surface area contributed by atoms with E-state index in [1.165, 1.54) is 0 Å². The highest BCUT2D eigenvalue weighted by atomic mass is 16.5. The van der Waals surface area contributed by atoms with Crippen LogP contribution < -0.4 is 6.15 Å². The van der Waals surface area contributed by atoms with Crippen molar-refractivity contribution in [2.24, 2.45) is 0 Å². The van der Waals surface area contributed by atoms with E-state index in [0.29, 0.717) is 0 Å². The van der Waals surface area contributed by atoms with Crippen LogP contribution in [-0.4, -0.2) is 44.8 Å². The van der Waals surface area contributed by atoms with Gasteiger partial charge >= 0.3 is 14.6 Å². The van der Waals surface area contributed by atoms with E-state index >= 15 is 0 Å². The lowest BCUT2D eigenvalue weighted by Gasteiger charge is -1.69. The van der Waals surface area contributed by atoms with Gasteiger partial charge in [0.1, 0.15) is 0 Å². The standard InChI is InChI=1S/2BH3O3.N/c2*2-1(3)4;/h2*2-4H;. The van der Waals surface area contributed by atoms with Crippen molar-refractivity contribution >= 4 is 14.6 Å². The molecule has 6 N–H and O–H groups in total. The normalized spacial score (nSPS) is 6.00. The second kappa shape index (κ2) is 10.8. The van der Waals surface area contributed by atoms with Crippen LogP contribution in [0, 0.1) is 0 Å². The third-order valence-corrected chi connectivity index (χ3v) is 0. The van der Waals surface area contributed by atoms with E-state index in [9.17, 15) is 0 Å². The molecule has 0 aliphatic carbocycles. The first-order valence-electron chi connectivity index (χ1n) is 1.55. The van der Waals surface area contributed by atoms with Gasteiger partial charge in [-0.1, -0.05) is 0 Å². The molecule has 0 aliphatic rings. The largest absolute Gasteiger partial charge is 0.631 e. The van der Waals surface area contributed by atoms with Gasteiger partial charge in [-0.05, 0) is 0 Å². The van der Waals surface area contributed by atoms with Crippen molar-refractivity contribution in [1.29, 1.82) is 0 Å². The molecule has 0 fully saturated rings. The van der Waals surface area contributed by atoms with Crippen LogP contribution in [0.15, 0.2) is 0 Å². The predicted molar refractivity (Wildman–Crippen MR) is 27.0 cm³/mol. The van der Waals surface area contributed by atoms with E-state index in [1.807, 2.05) is 0 Å². The number of hydrogen-bond donors (Lipinski definition) is 6. The van der Waals surface area contributed by atoms with E-state index in [0.717, 1.165) is 0 Å². The maximum absolute atomic E-state index is 7.17. The molecule has 0 amide bonds. The van der Waals surface area contributed by atoms with Crippen LogP contribution in [0.4, 0.5) is 0 Å². The topological polar surface area (TPSA) is 152 Å². The number of hydrogen-bond acceptors (Lipinski definition) is 6. The SMILES string of the molecule is OB(O)O.OB(O)O.[N]. The van der Waals surface area contributed by atoms with Gasteiger partial charge in [-0.3, -0.25) is 0 Å². The quantitative estimate of drug-likeness (QED) is 0.185. The third kappa shape index (κ3) is 11900. The summed E-state index contributed by atoms with van der Waals surface area (Å²) in [5.74, 6) is 0. The van der Waals surface area contributed by atoms with E-state index < -0.39 is 14.6 Å². The summed E-state index contributed by atoms with van der Waals surface area (Å²) in [4.78, 5) is 0. The van der Waals surface area contributed by atoms with Crippen LogP contribution in [0.5, 0.6) is 0 Å². The van der Waals surface area contributed by atoms with Gasteiger partial charge < -0.3 is 30.1 Å². The summed E-state index contributed by atoms with van der Waals surface area (Å²) >= 11 is 0. The van der Waals surface area contributed by atoms with Crippen molar-refractivity contribution in [3.8, 4) is 0 Å². The Morgan fingerprint density at radius 3 is 0.556 bits per heavy atom. The lowest BCUT2D eigenvalue weighted by atomic mass is 10.3.